The lowest BCUT2D eigenvalue weighted by molar-refractivity contribution is 0.302. The predicted octanol–water partition coefficient (Wildman–Crippen LogP) is 4.18. The van der Waals surface area contributed by atoms with Crippen LogP contribution in [0.1, 0.15) is 18.9 Å². The van der Waals surface area contributed by atoms with Crippen LogP contribution < -0.4 is 9.47 Å². The number of ether oxygens (including phenoxy) is 2. The zero-order chi connectivity index (χ0) is 16.8. The Morgan fingerprint density at radius 3 is 2.62 bits per heavy atom. The van der Waals surface area contributed by atoms with Gasteiger partial charge in [-0.25, -0.2) is 14.4 Å². The highest BCUT2D eigenvalue weighted by Crippen LogP contribution is 2.23. The molecule has 0 atom stereocenters. The van der Waals surface area contributed by atoms with E-state index in [1.165, 1.54) is 18.0 Å². The maximum atomic E-state index is 13.7. The molecule has 0 radical (unpaired) electrons. The van der Waals surface area contributed by atoms with Gasteiger partial charge in [0.2, 0.25) is 5.88 Å². The van der Waals surface area contributed by atoms with E-state index in [1.54, 1.807) is 12.1 Å². The van der Waals surface area contributed by atoms with E-state index < -0.39 is 0 Å². The van der Waals surface area contributed by atoms with Gasteiger partial charge >= 0.3 is 0 Å². The molecule has 0 spiro atoms. The molecule has 0 aliphatic rings. The van der Waals surface area contributed by atoms with E-state index in [9.17, 15) is 4.39 Å². The number of nitrogens with zero attached hydrogens (tertiary/aromatic N) is 2. The minimum Gasteiger partial charge on any atom is -0.494 e. The third-order valence-corrected chi connectivity index (χ3v) is 3.66. The normalized spacial score (nSPS) is 10.8. The first-order valence-corrected chi connectivity index (χ1v) is 8.01. The molecule has 0 amide bonds. The average Bonchev–Trinajstić information content (AvgIpc) is 2.61. The summed E-state index contributed by atoms with van der Waals surface area (Å²) in [5.41, 5.74) is 1.51. The van der Waals surface area contributed by atoms with Crippen molar-refractivity contribution in [3.63, 3.8) is 0 Å². The molecule has 3 aromatic rings. The summed E-state index contributed by atoms with van der Waals surface area (Å²) in [7, 11) is 0. The van der Waals surface area contributed by atoms with E-state index in [0.29, 0.717) is 24.5 Å². The van der Waals surface area contributed by atoms with E-state index in [4.69, 9.17) is 9.47 Å². The molecule has 1 aromatic heterocycles. The van der Waals surface area contributed by atoms with Crippen LogP contribution in [0, 0.1) is 5.82 Å². The molecule has 2 aromatic carbocycles. The van der Waals surface area contributed by atoms with Gasteiger partial charge in [-0.15, -0.1) is 0 Å². The van der Waals surface area contributed by atoms with Gasteiger partial charge in [0.25, 0.3) is 0 Å². The number of para-hydroxylation sites is 1. The third-order valence-electron chi connectivity index (χ3n) is 3.66. The van der Waals surface area contributed by atoms with Gasteiger partial charge in [0.15, 0.2) is 0 Å². The highest BCUT2D eigenvalue weighted by molar-refractivity contribution is 5.83. The Morgan fingerprint density at radius 1 is 1.00 bits per heavy atom. The number of rotatable bonds is 7. The number of hydrogen-bond acceptors (Lipinski definition) is 4. The van der Waals surface area contributed by atoms with Gasteiger partial charge in [-0.3, -0.25) is 0 Å². The molecule has 0 fully saturated rings. The van der Waals surface area contributed by atoms with Crippen LogP contribution in [0.5, 0.6) is 11.6 Å². The highest BCUT2D eigenvalue weighted by Gasteiger charge is 2.08. The van der Waals surface area contributed by atoms with Gasteiger partial charge in [-0.1, -0.05) is 18.2 Å². The number of halogens is 1. The van der Waals surface area contributed by atoms with Crippen LogP contribution in [0.25, 0.3) is 10.9 Å². The summed E-state index contributed by atoms with van der Waals surface area (Å²) in [6.07, 6.45) is 3.06. The SMILES string of the molecule is CCOc1ccc(CCCOc2ncnc3c(F)cccc23)cc1. The van der Waals surface area contributed by atoms with Crippen molar-refractivity contribution in [1.82, 2.24) is 9.97 Å². The van der Waals surface area contributed by atoms with Gasteiger partial charge < -0.3 is 9.47 Å². The third kappa shape index (κ3) is 3.79. The summed E-state index contributed by atoms with van der Waals surface area (Å²) in [6.45, 7) is 3.14. The highest BCUT2D eigenvalue weighted by atomic mass is 19.1. The molecular weight excluding hydrogens is 307 g/mol. The average molecular weight is 326 g/mol. The van der Waals surface area contributed by atoms with Crippen molar-refractivity contribution in [2.45, 2.75) is 19.8 Å². The van der Waals surface area contributed by atoms with Crippen molar-refractivity contribution in [2.75, 3.05) is 13.2 Å². The summed E-state index contributed by atoms with van der Waals surface area (Å²) < 4.78 is 24.8. The number of fused-ring (bicyclic) bond motifs is 1. The lowest BCUT2D eigenvalue weighted by Crippen LogP contribution is -2.02. The monoisotopic (exact) mass is 326 g/mol. The Bertz CT molecular complexity index is 806. The Balaban J connectivity index is 1.56. The van der Waals surface area contributed by atoms with Gasteiger partial charge in [0, 0.05) is 0 Å². The van der Waals surface area contributed by atoms with Crippen LogP contribution in [0.15, 0.2) is 48.8 Å². The van der Waals surface area contributed by atoms with E-state index in [2.05, 4.69) is 22.1 Å². The number of hydrogen-bond donors (Lipinski definition) is 0. The van der Waals surface area contributed by atoms with Gasteiger partial charge in [0.1, 0.15) is 23.4 Å². The second-order valence-corrected chi connectivity index (χ2v) is 5.34. The predicted molar refractivity (Wildman–Crippen MR) is 90.9 cm³/mol. The molecular formula is C19H19FN2O2. The Labute approximate surface area is 140 Å². The lowest BCUT2D eigenvalue weighted by Gasteiger charge is -2.08. The van der Waals surface area contributed by atoms with Crippen molar-refractivity contribution < 1.29 is 13.9 Å². The Hall–Kier alpha value is -2.69. The molecule has 0 N–H and O–H groups in total. The molecule has 24 heavy (non-hydrogen) atoms. The molecule has 1 heterocycles. The molecule has 0 saturated carbocycles. The zero-order valence-corrected chi connectivity index (χ0v) is 13.5. The van der Waals surface area contributed by atoms with E-state index in [0.717, 1.165) is 18.6 Å². The Morgan fingerprint density at radius 2 is 1.83 bits per heavy atom. The summed E-state index contributed by atoms with van der Waals surface area (Å²) in [4.78, 5) is 8.07. The van der Waals surface area contributed by atoms with E-state index in [1.807, 2.05) is 19.1 Å². The van der Waals surface area contributed by atoms with Gasteiger partial charge in [0.05, 0.1) is 18.6 Å². The van der Waals surface area contributed by atoms with Crippen molar-refractivity contribution in [1.29, 1.82) is 0 Å². The number of aromatic nitrogens is 2. The zero-order valence-electron chi connectivity index (χ0n) is 13.5. The first-order chi connectivity index (χ1) is 11.8. The number of benzene rings is 2. The van der Waals surface area contributed by atoms with Crippen molar-refractivity contribution >= 4 is 10.9 Å². The fraction of sp³-hybridized carbons (Fsp3) is 0.263. The second-order valence-electron chi connectivity index (χ2n) is 5.34. The topological polar surface area (TPSA) is 44.2 Å². The first kappa shape index (κ1) is 16.2. The smallest absolute Gasteiger partial charge is 0.224 e. The van der Waals surface area contributed by atoms with Crippen LogP contribution in [-0.4, -0.2) is 23.2 Å². The van der Waals surface area contributed by atoms with Crippen molar-refractivity contribution in [2.24, 2.45) is 0 Å². The molecule has 4 nitrogen and oxygen atoms in total. The standard InChI is InChI=1S/C19H19FN2O2/c1-2-23-15-10-8-14(9-11-15)5-4-12-24-19-16-6-3-7-17(20)18(16)21-13-22-19/h3,6-11,13H,2,4-5,12H2,1H3. The van der Waals surface area contributed by atoms with Crippen LogP contribution in [0.2, 0.25) is 0 Å². The maximum Gasteiger partial charge on any atom is 0.224 e. The number of aryl methyl sites for hydroxylation is 1. The molecule has 124 valence electrons. The van der Waals surface area contributed by atoms with E-state index >= 15 is 0 Å². The Kier molecular flexibility index (Phi) is 5.21. The largest absolute Gasteiger partial charge is 0.494 e. The molecule has 0 saturated heterocycles. The minimum absolute atomic E-state index is 0.286. The van der Waals surface area contributed by atoms with Crippen molar-refractivity contribution in [3.8, 4) is 11.6 Å². The molecule has 0 bridgehead atoms. The van der Waals surface area contributed by atoms with Crippen LogP contribution in [0.3, 0.4) is 0 Å². The van der Waals surface area contributed by atoms with Crippen LogP contribution in [-0.2, 0) is 6.42 Å². The summed E-state index contributed by atoms with van der Waals surface area (Å²) in [5.74, 6) is 0.937. The molecule has 3 rings (SSSR count). The van der Waals surface area contributed by atoms with E-state index in [-0.39, 0.29) is 11.3 Å². The second kappa shape index (κ2) is 7.73. The molecule has 0 aliphatic carbocycles. The van der Waals surface area contributed by atoms with Crippen LogP contribution in [0.4, 0.5) is 4.39 Å². The fourth-order valence-corrected chi connectivity index (χ4v) is 2.51. The van der Waals surface area contributed by atoms with Gasteiger partial charge in [-0.05, 0) is 49.6 Å². The first-order valence-electron chi connectivity index (χ1n) is 8.01. The minimum atomic E-state index is -0.367. The summed E-state index contributed by atoms with van der Waals surface area (Å²) >= 11 is 0. The van der Waals surface area contributed by atoms with Crippen LogP contribution >= 0.6 is 0 Å². The van der Waals surface area contributed by atoms with Gasteiger partial charge in [-0.2, -0.15) is 0 Å². The molecule has 0 unspecified atom stereocenters. The quantitative estimate of drug-likeness (QED) is 0.611. The molecule has 5 heteroatoms. The summed E-state index contributed by atoms with van der Waals surface area (Å²) in [6, 6.07) is 12.8. The van der Waals surface area contributed by atoms with Crippen molar-refractivity contribution in [3.05, 3.63) is 60.2 Å². The lowest BCUT2D eigenvalue weighted by atomic mass is 10.1. The maximum absolute atomic E-state index is 13.7. The summed E-state index contributed by atoms with van der Waals surface area (Å²) in [5, 5.41) is 0.596. The fourth-order valence-electron chi connectivity index (χ4n) is 2.51. The molecule has 0 aliphatic heterocycles.